The normalized spacial score (nSPS) is 14.3. The Morgan fingerprint density at radius 1 is 1.73 bits per heavy atom. The van der Waals surface area contributed by atoms with Crippen LogP contribution in [0.25, 0.3) is 0 Å². The average molecular weight is 235 g/mol. The molecule has 0 spiro atoms. The van der Waals surface area contributed by atoms with Gasteiger partial charge in [0, 0.05) is 0 Å². The summed E-state index contributed by atoms with van der Waals surface area (Å²) in [4.78, 5) is 11.0. The number of nitrogens with one attached hydrogen (secondary N) is 1. The van der Waals surface area contributed by atoms with Gasteiger partial charge in [0.2, 0.25) is 5.91 Å². The summed E-state index contributed by atoms with van der Waals surface area (Å²) < 4.78 is 23.2. The third kappa shape index (κ3) is 8.29. The van der Waals surface area contributed by atoms with E-state index in [1.54, 1.807) is 0 Å². The van der Waals surface area contributed by atoms with E-state index in [1.165, 1.54) is 0 Å². The number of hydrogen-bond acceptors (Lipinski definition) is 3. The third-order valence-corrected chi connectivity index (χ3v) is 2.15. The van der Waals surface area contributed by atoms with Gasteiger partial charge in [-0.1, -0.05) is 26.3 Å². The van der Waals surface area contributed by atoms with Crippen LogP contribution in [-0.2, 0) is 20.3 Å². The molecule has 2 atom stereocenters. The van der Waals surface area contributed by atoms with Crippen LogP contribution in [0.4, 0.5) is 0 Å². The largest absolute Gasteiger partial charge is 0.347 e. The zero-order chi connectivity index (χ0) is 11.7. The molecule has 0 aromatic rings. The van der Waals surface area contributed by atoms with Gasteiger partial charge >= 0.3 is 11.4 Å². The summed E-state index contributed by atoms with van der Waals surface area (Å²) in [6, 6.07) is -0.244. The second-order valence-electron chi connectivity index (χ2n) is 3.05. The monoisotopic (exact) mass is 235 g/mol. The molecule has 0 fully saturated rings. The van der Waals surface area contributed by atoms with Gasteiger partial charge < -0.3 is 5.32 Å². The van der Waals surface area contributed by atoms with Crippen LogP contribution in [0.15, 0.2) is 12.7 Å². The molecule has 0 saturated heterocycles. The van der Waals surface area contributed by atoms with Crippen LogP contribution in [0, 0.1) is 0 Å². The van der Waals surface area contributed by atoms with Gasteiger partial charge in [0.1, 0.15) is 0 Å². The minimum Gasteiger partial charge on any atom is -0.347 e. The molecule has 0 saturated carbocycles. The summed E-state index contributed by atoms with van der Waals surface area (Å²) in [6.07, 6.45) is 3.79. The van der Waals surface area contributed by atoms with Crippen molar-refractivity contribution in [2.24, 2.45) is 0 Å². The van der Waals surface area contributed by atoms with E-state index in [-0.39, 0.29) is 18.6 Å². The number of hydrogen-bond donors (Lipinski definition) is 2. The van der Waals surface area contributed by atoms with Crippen molar-refractivity contribution in [2.45, 2.75) is 32.2 Å². The molecule has 15 heavy (non-hydrogen) atoms. The average Bonchev–Trinajstić information content (AvgIpc) is 2.21. The molecule has 0 radical (unpaired) electrons. The zero-order valence-corrected chi connectivity index (χ0v) is 9.59. The van der Waals surface area contributed by atoms with Gasteiger partial charge in [-0.3, -0.25) is 13.5 Å². The first-order chi connectivity index (χ1) is 7.10. The van der Waals surface area contributed by atoms with Crippen molar-refractivity contribution in [1.82, 2.24) is 5.32 Å². The lowest BCUT2D eigenvalue weighted by atomic mass is 10.1. The molecule has 0 aliphatic rings. The maximum Gasteiger partial charge on any atom is 0.301 e. The molecule has 0 aliphatic heterocycles. The predicted molar refractivity (Wildman–Crippen MR) is 58.4 cm³/mol. The van der Waals surface area contributed by atoms with Gasteiger partial charge in [-0.25, -0.2) is 0 Å². The predicted octanol–water partition coefficient (Wildman–Crippen LogP) is 1.00. The number of amides is 1. The van der Waals surface area contributed by atoms with Crippen molar-refractivity contribution in [3.63, 3.8) is 0 Å². The van der Waals surface area contributed by atoms with Crippen molar-refractivity contribution in [3.8, 4) is 0 Å². The Hall–Kier alpha value is -0.720. The Morgan fingerprint density at radius 3 is 2.87 bits per heavy atom. The SMILES string of the molecule is C=CC(=O)N[C@H](CCCC)COS(=O)O. The molecule has 5 nitrogen and oxygen atoms in total. The summed E-state index contributed by atoms with van der Waals surface area (Å²) in [5.41, 5.74) is 0. The van der Waals surface area contributed by atoms with E-state index in [1.807, 2.05) is 6.92 Å². The number of rotatable bonds is 8. The number of carbonyl (C=O) groups is 1. The van der Waals surface area contributed by atoms with Crippen molar-refractivity contribution in [3.05, 3.63) is 12.7 Å². The van der Waals surface area contributed by atoms with Crippen LogP contribution in [0.5, 0.6) is 0 Å². The Balaban J connectivity index is 3.98. The fourth-order valence-electron chi connectivity index (χ4n) is 1.05. The van der Waals surface area contributed by atoms with Crippen LogP contribution >= 0.6 is 0 Å². The molecular weight excluding hydrogens is 218 g/mol. The quantitative estimate of drug-likeness (QED) is 0.486. The molecule has 88 valence electrons. The van der Waals surface area contributed by atoms with Crippen molar-refractivity contribution < 1.29 is 17.7 Å². The molecular formula is C9H17NO4S. The maximum absolute atomic E-state index is 11.0. The van der Waals surface area contributed by atoms with E-state index in [9.17, 15) is 9.00 Å². The van der Waals surface area contributed by atoms with Crippen LogP contribution in [-0.4, -0.2) is 27.3 Å². The van der Waals surface area contributed by atoms with Gasteiger partial charge in [0.05, 0.1) is 12.6 Å². The van der Waals surface area contributed by atoms with Crippen LogP contribution < -0.4 is 5.32 Å². The van der Waals surface area contributed by atoms with E-state index in [4.69, 9.17) is 4.55 Å². The highest BCUT2D eigenvalue weighted by Crippen LogP contribution is 2.02. The summed E-state index contributed by atoms with van der Waals surface area (Å²) >= 11 is -2.29. The summed E-state index contributed by atoms with van der Waals surface area (Å²) in [5, 5.41) is 2.63. The van der Waals surface area contributed by atoms with Crippen LogP contribution in [0.1, 0.15) is 26.2 Å². The topological polar surface area (TPSA) is 75.6 Å². The first kappa shape index (κ1) is 14.3. The molecule has 6 heteroatoms. The van der Waals surface area contributed by atoms with Gasteiger partial charge in [-0.15, -0.1) is 0 Å². The van der Waals surface area contributed by atoms with E-state index in [0.29, 0.717) is 6.42 Å². The zero-order valence-electron chi connectivity index (χ0n) is 8.77. The Morgan fingerprint density at radius 2 is 2.40 bits per heavy atom. The van der Waals surface area contributed by atoms with Crippen molar-refractivity contribution >= 4 is 17.3 Å². The van der Waals surface area contributed by atoms with E-state index >= 15 is 0 Å². The molecule has 0 rings (SSSR count). The van der Waals surface area contributed by atoms with E-state index in [2.05, 4.69) is 16.1 Å². The van der Waals surface area contributed by atoms with Crippen LogP contribution in [0.3, 0.4) is 0 Å². The molecule has 2 N–H and O–H groups in total. The second-order valence-corrected chi connectivity index (χ2v) is 3.72. The summed E-state index contributed by atoms with van der Waals surface area (Å²) in [5.74, 6) is -0.302. The van der Waals surface area contributed by atoms with Crippen molar-refractivity contribution in [1.29, 1.82) is 0 Å². The fraction of sp³-hybridized carbons (Fsp3) is 0.667. The van der Waals surface area contributed by atoms with E-state index < -0.39 is 11.4 Å². The third-order valence-electron chi connectivity index (χ3n) is 1.81. The molecule has 0 aliphatic carbocycles. The standard InChI is InChI=1S/C9H17NO4S/c1-3-5-6-8(7-14-15(12)13)10-9(11)4-2/h4,8H,2-3,5-7H2,1H3,(H,10,11)(H,12,13)/t8-/m1/s1. The lowest BCUT2D eigenvalue weighted by Crippen LogP contribution is -2.37. The van der Waals surface area contributed by atoms with Gasteiger partial charge in [0.15, 0.2) is 0 Å². The summed E-state index contributed by atoms with van der Waals surface area (Å²) in [7, 11) is 0. The van der Waals surface area contributed by atoms with Crippen LogP contribution in [0.2, 0.25) is 0 Å². The maximum atomic E-state index is 11.0. The minimum atomic E-state index is -2.29. The number of unbranched alkanes of at least 4 members (excludes halogenated alkanes) is 1. The van der Waals surface area contributed by atoms with Gasteiger partial charge in [-0.2, -0.15) is 4.21 Å². The van der Waals surface area contributed by atoms with Gasteiger partial charge in [-0.05, 0) is 12.5 Å². The molecule has 1 amide bonds. The Kier molecular flexibility index (Phi) is 8.17. The molecule has 0 aromatic heterocycles. The Labute approximate surface area is 92.4 Å². The summed E-state index contributed by atoms with van der Waals surface area (Å²) in [6.45, 7) is 5.38. The molecule has 0 bridgehead atoms. The van der Waals surface area contributed by atoms with E-state index in [0.717, 1.165) is 18.9 Å². The highest BCUT2D eigenvalue weighted by atomic mass is 32.2. The fourth-order valence-corrected chi connectivity index (χ4v) is 1.33. The van der Waals surface area contributed by atoms with Gasteiger partial charge in [0.25, 0.3) is 0 Å². The highest BCUT2D eigenvalue weighted by Gasteiger charge is 2.11. The first-order valence-corrected chi connectivity index (χ1v) is 5.80. The Bertz CT molecular complexity index is 232. The number of carbonyl (C=O) groups excluding carboxylic acids is 1. The molecule has 0 aromatic carbocycles. The highest BCUT2D eigenvalue weighted by molar-refractivity contribution is 7.74. The molecule has 0 heterocycles. The lowest BCUT2D eigenvalue weighted by Gasteiger charge is -2.16. The lowest BCUT2D eigenvalue weighted by molar-refractivity contribution is -0.117. The minimum absolute atomic E-state index is 0.0304. The first-order valence-electron chi connectivity index (χ1n) is 4.77. The molecule has 1 unspecified atom stereocenters. The van der Waals surface area contributed by atoms with Crippen molar-refractivity contribution in [2.75, 3.05) is 6.61 Å². The smallest absolute Gasteiger partial charge is 0.301 e. The second kappa shape index (κ2) is 8.58.